The normalized spacial score (nSPS) is 12.6. The van der Waals surface area contributed by atoms with Gasteiger partial charge in [-0.25, -0.2) is 0 Å². The standard InChI is InChI=1S/C16H32O2/c1-3-4-5-6-7-8-9-10-11-12-13-15(2)14-16(17)18/h15H,3-14H2,1-2H3,(H,17,18). The van der Waals surface area contributed by atoms with Gasteiger partial charge in [0.1, 0.15) is 0 Å². The van der Waals surface area contributed by atoms with Gasteiger partial charge in [0.05, 0.1) is 0 Å². The van der Waals surface area contributed by atoms with Crippen molar-refractivity contribution in [2.24, 2.45) is 5.92 Å². The van der Waals surface area contributed by atoms with Crippen molar-refractivity contribution >= 4 is 5.97 Å². The van der Waals surface area contributed by atoms with Gasteiger partial charge in [-0.15, -0.1) is 0 Å². The van der Waals surface area contributed by atoms with Crippen molar-refractivity contribution in [3.05, 3.63) is 0 Å². The molecule has 1 N–H and O–H groups in total. The number of hydrogen-bond donors (Lipinski definition) is 1. The monoisotopic (exact) mass is 256 g/mol. The number of carbonyl (C=O) groups is 1. The number of carboxylic acid groups (broad SMARTS) is 1. The summed E-state index contributed by atoms with van der Waals surface area (Å²) in [6.45, 7) is 4.30. The fraction of sp³-hybridized carbons (Fsp3) is 0.938. The molecule has 0 fully saturated rings. The third kappa shape index (κ3) is 13.5. The van der Waals surface area contributed by atoms with Crippen molar-refractivity contribution in [1.29, 1.82) is 0 Å². The molecular weight excluding hydrogens is 224 g/mol. The van der Waals surface area contributed by atoms with Crippen molar-refractivity contribution < 1.29 is 9.90 Å². The van der Waals surface area contributed by atoms with Crippen LogP contribution >= 0.6 is 0 Å². The summed E-state index contributed by atoms with van der Waals surface area (Å²) in [5.41, 5.74) is 0. The lowest BCUT2D eigenvalue weighted by Gasteiger charge is -2.07. The highest BCUT2D eigenvalue weighted by molar-refractivity contribution is 5.66. The van der Waals surface area contributed by atoms with Gasteiger partial charge in [-0.2, -0.15) is 0 Å². The van der Waals surface area contributed by atoms with Gasteiger partial charge in [-0.3, -0.25) is 4.79 Å². The highest BCUT2D eigenvalue weighted by Crippen LogP contribution is 2.15. The van der Waals surface area contributed by atoms with E-state index in [0.29, 0.717) is 12.3 Å². The van der Waals surface area contributed by atoms with Crippen molar-refractivity contribution in [2.75, 3.05) is 0 Å². The smallest absolute Gasteiger partial charge is 0.303 e. The third-order valence-electron chi connectivity index (χ3n) is 3.57. The average Bonchev–Trinajstić information content (AvgIpc) is 2.30. The van der Waals surface area contributed by atoms with Crippen LogP contribution in [0.3, 0.4) is 0 Å². The molecule has 0 aromatic heterocycles. The molecule has 0 saturated carbocycles. The summed E-state index contributed by atoms with van der Waals surface area (Å²) in [5.74, 6) is -0.314. The molecule has 2 nitrogen and oxygen atoms in total. The van der Waals surface area contributed by atoms with Crippen molar-refractivity contribution in [3.63, 3.8) is 0 Å². The van der Waals surface area contributed by atoms with E-state index in [1.807, 2.05) is 6.92 Å². The molecule has 0 aliphatic rings. The molecule has 0 aliphatic carbocycles. The van der Waals surface area contributed by atoms with E-state index in [4.69, 9.17) is 5.11 Å². The van der Waals surface area contributed by atoms with Crippen LogP contribution in [0.25, 0.3) is 0 Å². The van der Waals surface area contributed by atoms with Gasteiger partial charge in [0.2, 0.25) is 0 Å². The SMILES string of the molecule is CCCCCCCCCCCCC(C)CC(=O)O. The molecule has 0 heterocycles. The van der Waals surface area contributed by atoms with E-state index in [1.54, 1.807) is 0 Å². The lowest BCUT2D eigenvalue weighted by Crippen LogP contribution is -2.03. The Morgan fingerprint density at radius 1 is 0.889 bits per heavy atom. The number of aliphatic carboxylic acids is 1. The largest absolute Gasteiger partial charge is 0.481 e. The highest BCUT2D eigenvalue weighted by Gasteiger charge is 2.06. The van der Waals surface area contributed by atoms with E-state index in [-0.39, 0.29) is 0 Å². The average molecular weight is 256 g/mol. The van der Waals surface area contributed by atoms with Gasteiger partial charge in [0.15, 0.2) is 0 Å². The first kappa shape index (κ1) is 17.5. The molecule has 0 bridgehead atoms. The van der Waals surface area contributed by atoms with Crippen molar-refractivity contribution in [2.45, 2.75) is 90.9 Å². The molecule has 0 spiro atoms. The van der Waals surface area contributed by atoms with Gasteiger partial charge < -0.3 is 5.11 Å². The van der Waals surface area contributed by atoms with Crippen LogP contribution in [-0.4, -0.2) is 11.1 Å². The molecule has 0 radical (unpaired) electrons. The Hall–Kier alpha value is -0.530. The van der Waals surface area contributed by atoms with Gasteiger partial charge in [0.25, 0.3) is 0 Å². The van der Waals surface area contributed by atoms with E-state index in [2.05, 4.69) is 6.92 Å². The van der Waals surface area contributed by atoms with Crippen LogP contribution in [0.5, 0.6) is 0 Å². The van der Waals surface area contributed by atoms with Gasteiger partial charge in [0, 0.05) is 6.42 Å². The molecule has 1 atom stereocenters. The van der Waals surface area contributed by atoms with Crippen LogP contribution in [0.2, 0.25) is 0 Å². The Morgan fingerprint density at radius 2 is 1.33 bits per heavy atom. The zero-order valence-electron chi connectivity index (χ0n) is 12.4. The lowest BCUT2D eigenvalue weighted by molar-refractivity contribution is -0.138. The van der Waals surface area contributed by atoms with Crippen LogP contribution in [0.1, 0.15) is 90.9 Å². The van der Waals surface area contributed by atoms with E-state index in [1.165, 1.54) is 64.2 Å². The molecule has 0 aromatic rings. The second-order valence-electron chi connectivity index (χ2n) is 5.67. The van der Waals surface area contributed by atoms with E-state index >= 15 is 0 Å². The Kier molecular flexibility index (Phi) is 12.5. The number of hydrogen-bond acceptors (Lipinski definition) is 1. The van der Waals surface area contributed by atoms with E-state index < -0.39 is 5.97 Å². The van der Waals surface area contributed by atoms with Gasteiger partial charge in [-0.05, 0) is 5.92 Å². The zero-order chi connectivity index (χ0) is 13.6. The Labute approximate surface area is 113 Å². The minimum Gasteiger partial charge on any atom is -0.481 e. The number of rotatable bonds is 13. The number of unbranched alkanes of at least 4 members (excludes halogenated alkanes) is 9. The fourth-order valence-corrected chi connectivity index (χ4v) is 2.38. The molecule has 0 amide bonds. The summed E-state index contributed by atoms with van der Waals surface area (Å²) in [7, 11) is 0. The number of carboxylic acids is 1. The Morgan fingerprint density at radius 3 is 1.78 bits per heavy atom. The van der Waals surface area contributed by atoms with Crippen LogP contribution in [0.15, 0.2) is 0 Å². The Balaban J connectivity index is 3.09. The first-order valence-electron chi connectivity index (χ1n) is 7.88. The third-order valence-corrected chi connectivity index (χ3v) is 3.57. The highest BCUT2D eigenvalue weighted by atomic mass is 16.4. The predicted octanol–water partition coefficient (Wildman–Crippen LogP) is 5.41. The van der Waals surface area contributed by atoms with E-state index in [0.717, 1.165) is 6.42 Å². The maximum absolute atomic E-state index is 10.5. The molecule has 18 heavy (non-hydrogen) atoms. The van der Waals surface area contributed by atoms with Crippen molar-refractivity contribution in [1.82, 2.24) is 0 Å². The second-order valence-corrected chi connectivity index (χ2v) is 5.67. The second kappa shape index (κ2) is 12.9. The summed E-state index contributed by atoms with van der Waals surface area (Å²) < 4.78 is 0. The quantitative estimate of drug-likeness (QED) is 0.447. The summed E-state index contributed by atoms with van der Waals surface area (Å²) in [5, 5.41) is 8.65. The lowest BCUT2D eigenvalue weighted by atomic mass is 9.99. The van der Waals surface area contributed by atoms with Crippen LogP contribution < -0.4 is 0 Å². The van der Waals surface area contributed by atoms with Crippen molar-refractivity contribution in [3.8, 4) is 0 Å². The minimum atomic E-state index is -0.658. The first-order valence-corrected chi connectivity index (χ1v) is 7.88. The molecule has 0 aliphatic heterocycles. The minimum absolute atomic E-state index is 0.331. The summed E-state index contributed by atoms with van der Waals surface area (Å²) >= 11 is 0. The molecule has 1 unspecified atom stereocenters. The molecular formula is C16H32O2. The fourth-order valence-electron chi connectivity index (χ4n) is 2.38. The van der Waals surface area contributed by atoms with Gasteiger partial charge in [-0.1, -0.05) is 84.5 Å². The molecule has 108 valence electrons. The Bertz CT molecular complexity index is 190. The first-order chi connectivity index (χ1) is 8.66. The molecule has 0 rings (SSSR count). The summed E-state index contributed by atoms with van der Waals surface area (Å²) in [6, 6.07) is 0. The summed E-state index contributed by atoms with van der Waals surface area (Å²) in [6.07, 6.45) is 14.9. The molecule has 0 aromatic carbocycles. The van der Waals surface area contributed by atoms with Crippen LogP contribution in [-0.2, 0) is 4.79 Å². The van der Waals surface area contributed by atoms with Crippen LogP contribution in [0, 0.1) is 5.92 Å². The van der Waals surface area contributed by atoms with E-state index in [9.17, 15) is 4.79 Å². The maximum atomic E-state index is 10.5. The van der Waals surface area contributed by atoms with Gasteiger partial charge >= 0.3 is 5.97 Å². The zero-order valence-corrected chi connectivity index (χ0v) is 12.4. The topological polar surface area (TPSA) is 37.3 Å². The predicted molar refractivity (Wildman–Crippen MR) is 77.9 cm³/mol. The summed E-state index contributed by atoms with van der Waals surface area (Å²) in [4.78, 5) is 10.5. The van der Waals surface area contributed by atoms with Crippen LogP contribution in [0.4, 0.5) is 0 Å². The molecule has 2 heteroatoms. The maximum Gasteiger partial charge on any atom is 0.303 e. The molecule has 0 saturated heterocycles.